The van der Waals surface area contributed by atoms with Gasteiger partial charge in [-0.3, -0.25) is 14.4 Å². The molecule has 30 heavy (non-hydrogen) atoms. The molecule has 1 aromatic carbocycles. The van der Waals surface area contributed by atoms with Gasteiger partial charge in [-0.05, 0) is 37.7 Å². The van der Waals surface area contributed by atoms with Gasteiger partial charge in [-0.1, -0.05) is 37.3 Å². The lowest BCUT2D eigenvalue weighted by Gasteiger charge is -2.33. The van der Waals surface area contributed by atoms with Crippen LogP contribution in [0.3, 0.4) is 0 Å². The molecule has 1 saturated heterocycles. The number of amides is 2. The number of ether oxygens (including phenoxy) is 1. The van der Waals surface area contributed by atoms with Crippen molar-refractivity contribution in [2.45, 2.75) is 44.9 Å². The van der Waals surface area contributed by atoms with E-state index >= 15 is 0 Å². The quantitative estimate of drug-likeness (QED) is 0.608. The van der Waals surface area contributed by atoms with Crippen LogP contribution in [0.4, 0.5) is 0 Å². The van der Waals surface area contributed by atoms with Crippen LogP contribution >= 0.6 is 11.8 Å². The van der Waals surface area contributed by atoms with Gasteiger partial charge in [-0.25, -0.2) is 0 Å². The second kappa shape index (κ2) is 10.8. The summed E-state index contributed by atoms with van der Waals surface area (Å²) in [6.07, 6.45) is 2.63. The van der Waals surface area contributed by atoms with Gasteiger partial charge in [0.2, 0.25) is 11.8 Å². The fourth-order valence-corrected chi connectivity index (χ4v) is 4.93. The Morgan fingerprint density at radius 2 is 2.00 bits per heavy atom. The Bertz CT molecular complexity index is 742. The van der Waals surface area contributed by atoms with Crippen molar-refractivity contribution in [1.29, 1.82) is 0 Å². The Morgan fingerprint density at radius 3 is 2.70 bits per heavy atom. The summed E-state index contributed by atoms with van der Waals surface area (Å²) in [5.41, 5.74) is 1.19. The highest BCUT2D eigenvalue weighted by atomic mass is 32.2. The van der Waals surface area contributed by atoms with Crippen molar-refractivity contribution in [2.75, 3.05) is 25.4 Å². The highest BCUT2D eigenvalue weighted by Crippen LogP contribution is 2.39. The van der Waals surface area contributed by atoms with Gasteiger partial charge in [0.25, 0.3) is 0 Å². The van der Waals surface area contributed by atoms with E-state index in [1.807, 2.05) is 23.1 Å². The van der Waals surface area contributed by atoms with Gasteiger partial charge in [0.05, 0.1) is 18.4 Å². The molecular formula is C23H32N2O4S. The van der Waals surface area contributed by atoms with Crippen LogP contribution in [-0.2, 0) is 24.9 Å². The van der Waals surface area contributed by atoms with Crippen LogP contribution in [0.25, 0.3) is 0 Å². The average molecular weight is 433 g/mol. The first-order chi connectivity index (χ1) is 14.5. The Hall–Kier alpha value is -2.02. The van der Waals surface area contributed by atoms with E-state index in [-0.39, 0.29) is 29.6 Å². The van der Waals surface area contributed by atoms with Crippen LogP contribution in [-0.4, -0.2) is 54.2 Å². The van der Waals surface area contributed by atoms with Crippen molar-refractivity contribution >= 4 is 29.5 Å². The Labute approximate surface area is 183 Å². The van der Waals surface area contributed by atoms with Crippen molar-refractivity contribution in [3.05, 3.63) is 35.9 Å². The van der Waals surface area contributed by atoms with Crippen LogP contribution in [0.5, 0.6) is 0 Å². The number of carbonyl (C=O) groups is 3. The number of hydrogen-bond acceptors (Lipinski definition) is 5. The predicted molar refractivity (Wildman–Crippen MR) is 118 cm³/mol. The van der Waals surface area contributed by atoms with Crippen molar-refractivity contribution in [3.63, 3.8) is 0 Å². The van der Waals surface area contributed by atoms with E-state index in [0.717, 1.165) is 31.7 Å². The lowest BCUT2D eigenvalue weighted by Crippen LogP contribution is -2.52. The smallest absolute Gasteiger partial charge is 0.309 e. The number of esters is 1. The predicted octanol–water partition coefficient (Wildman–Crippen LogP) is 2.86. The van der Waals surface area contributed by atoms with Crippen molar-refractivity contribution in [3.8, 4) is 0 Å². The fraction of sp³-hybridized carbons (Fsp3) is 0.609. The third-order valence-corrected chi connectivity index (χ3v) is 6.80. The number of carbonyl (C=O) groups excluding carboxylic acids is 3. The molecule has 1 aromatic rings. The van der Waals surface area contributed by atoms with Gasteiger partial charge in [0.1, 0.15) is 6.04 Å². The summed E-state index contributed by atoms with van der Waals surface area (Å²) in [6, 6.07) is 9.52. The molecule has 1 aliphatic heterocycles. The SMILES string of the molecule is CCOC(=O)[C@H]1C[C@@H]1C(=O)N[C@@H](CSCc1ccccc1)C(=O)N1CCCC(C)C1. The molecule has 2 aliphatic rings. The van der Waals surface area contributed by atoms with Crippen LogP contribution in [0.2, 0.25) is 0 Å². The maximum atomic E-state index is 13.2. The van der Waals surface area contributed by atoms with Crippen LogP contribution in [0, 0.1) is 17.8 Å². The zero-order valence-electron chi connectivity index (χ0n) is 17.8. The van der Waals surface area contributed by atoms with Gasteiger partial charge in [-0.2, -0.15) is 11.8 Å². The van der Waals surface area contributed by atoms with E-state index in [9.17, 15) is 14.4 Å². The fourth-order valence-electron chi connectivity index (χ4n) is 3.93. The molecule has 7 heteroatoms. The van der Waals surface area contributed by atoms with Crippen LogP contribution in [0.1, 0.15) is 38.7 Å². The summed E-state index contributed by atoms with van der Waals surface area (Å²) < 4.78 is 5.02. The number of piperidine rings is 1. The van der Waals surface area contributed by atoms with Gasteiger partial charge < -0.3 is 15.0 Å². The number of nitrogens with one attached hydrogen (secondary N) is 1. The topological polar surface area (TPSA) is 75.7 Å². The molecule has 1 aliphatic carbocycles. The first-order valence-electron chi connectivity index (χ1n) is 10.9. The summed E-state index contributed by atoms with van der Waals surface area (Å²) >= 11 is 1.64. The number of likely N-dealkylation sites (tertiary alicyclic amines) is 1. The first-order valence-corrected chi connectivity index (χ1v) is 12.0. The van der Waals surface area contributed by atoms with Gasteiger partial charge in [0, 0.05) is 24.6 Å². The molecule has 2 fully saturated rings. The molecule has 1 N–H and O–H groups in total. The van der Waals surface area contributed by atoms with E-state index < -0.39 is 6.04 Å². The molecule has 3 rings (SSSR count). The Morgan fingerprint density at radius 1 is 1.23 bits per heavy atom. The molecule has 1 heterocycles. The molecule has 0 bridgehead atoms. The summed E-state index contributed by atoms with van der Waals surface area (Å²) in [5, 5.41) is 2.95. The normalized spacial score (nSPS) is 24.1. The van der Waals surface area contributed by atoms with Crippen LogP contribution < -0.4 is 5.32 Å². The van der Waals surface area contributed by atoms with Gasteiger partial charge >= 0.3 is 5.97 Å². The molecule has 0 aromatic heterocycles. The second-order valence-corrected chi connectivity index (χ2v) is 9.32. The first kappa shape index (κ1) is 22.7. The highest BCUT2D eigenvalue weighted by Gasteiger charge is 2.49. The molecule has 0 radical (unpaired) electrons. The van der Waals surface area contributed by atoms with E-state index in [4.69, 9.17) is 4.74 Å². The maximum Gasteiger partial charge on any atom is 0.309 e. The lowest BCUT2D eigenvalue weighted by molar-refractivity contribution is -0.146. The largest absolute Gasteiger partial charge is 0.466 e. The third kappa shape index (κ3) is 6.24. The van der Waals surface area contributed by atoms with Gasteiger partial charge in [-0.15, -0.1) is 0 Å². The number of nitrogens with zero attached hydrogens (tertiary/aromatic N) is 1. The lowest BCUT2D eigenvalue weighted by atomic mass is 10.00. The minimum absolute atomic E-state index is 0.0104. The summed E-state index contributed by atoms with van der Waals surface area (Å²) in [4.78, 5) is 39.7. The zero-order chi connectivity index (χ0) is 21.5. The maximum absolute atomic E-state index is 13.2. The summed E-state index contributed by atoms with van der Waals surface area (Å²) in [7, 11) is 0. The summed E-state index contributed by atoms with van der Waals surface area (Å²) in [5.74, 6) is 0.496. The minimum Gasteiger partial charge on any atom is -0.466 e. The zero-order valence-corrected chi connectivity index (χ0v) is 18.7. The minimum atomic E-state index is -0.569. The Balaban J connectivity index is 1.59. The van der Waals surface area contributed by atoms with E-state index in [1.165, 1.54) is 5.56 Å². The number of thioether (sulfide) groups is 1. The molecule has 164 valence electrons. The van der Waals surface area contributed by atoms with Crippen molar-refractivity contribution in [1.82, 2.24) is 10.2 Å². The molecular weight excluding hydrogens is 400 g/mol. The number of rotatable bonds is 9. The molecule has 0 spiro atoms. The number of hydrogen-bond donors (Lipinski definition) is 1. The molecule has 2 amide bonds. The van der Waals surface area contributed by atoms with E-state index in [0.29, 0.717) is 24.7 Å². The van der Waals surface area contributed by atoms with E-state index in [2.05, 4.69) is 24.4 Å². The molecule has 1 unspecified atom stereocenters. The molecule has 6 nitrogen and oxygen atoms in total. The van der Waals surface area contributed by atoms with E-state index in [1.54, 1.807) is 18.7 Å². The molecule has 1 saturated carbocycles. The van der Waals surface area contributed by atoms with Gasteiger partial charge in [0.15, 0.2) is 0 Å². The molecule has 4 atom stereocenters. The number of benzene rings is 1. The average Bonchev–Trinajstić information content (AvgIpc) is 3.55. The standard InChI is InChI=1S/C23H32N2O4S/c1-3-29-23(28)19-12-18(19)21(26)24-20(15-30-14-17-9-5-4-6-10-17)22(27)25-11-7-8-16(2)13-25/h4-6,9-10,16,18-20H,3,7-8,11-15H2,1-2H3,(H,24,26)/t16?,18-,19-,20-/m0/s1. The van der Waals surface area contributed by atoms with Crippen molar-refractivity contribution in [2.24, 2.45) is 17.8 Å². The third-order valence-electron chi connectivity index (χ3n) is 5.70. The monoisotopic (exact) mass is 432 g/mol. The van der Waals surface area contributed by atoms with Crippen LogP contribution in [0.15, 0.2) is 30.3 Å². The second-order valence-electron chi connectivity index (χ2n) is 8.29. The highest BCUT2D eigenvalue weighted by molar-refractivity contribution is 7.98. The van der Waals surface area contributed by atoms with Crippen molar-refractivity contribution < 1.29 is 19.1 Å². The summed E-state index contributed by atoms with van der Waals surface area (Å²) in [6.45, 7) is 5.71. The Kier molecular flexibility index (Phi) is 8.19.